The van der Waals surface area contributed by atoms with Gasteiger partial charge in [0, 0.05) is 17.0 Å². The van der Waals surface area contributed by atoms with Gasteiger partial charge in [0.25, 0.3) is 0 Å². The minimum absolute atomic E-state index is 0.0591. The van der Waals surface area contributed by atoms with Gasteiger partial charge in [-0.2, -0.15) is 0 Å². The minimum Gasteiger partial charge on any atom is -0.367 e. The molecule has 5 atom stereocenters. The number of nitrogens with two attached hydrogens (primary N) is 1. The number of rotatable bonds is 1. The quantitative estimate of drug-likeness (QED) is 0.742. The maximum absolute atomic E-state index is 12.6. The van der Waals surface area contributed by atoms with Crippen LogP contribution in [0.25, 0.3) is 0 Å². The smallest absolute Gasteiger partial charge is 0.214 e. The molecule has 0 radical (unpaired) electrons. The van der Waals surface area contributed by atoms with Gasteiger partial charge in [-0.15, -0.1) is 0 Å². The number of carbonyl (C=O) groups excluding carboxylic acids is 2. The highest BCUT2D eigenvalue weighted by Crippen LogP contribution is 2.50. The Hall–Kier alpha value is -1.57. The fraction of sp³-hybridized carbons (Fsp3) is 0.429. The molecule has 1 saturated heterocycles. The molecule has 7 heteroatoms. The molecule has 0 spiro atoms. The first-order valence-corrected chi connectivity index (χ1v) is 8.35. The Morgan fingerprint density at radius 1 is 1.05 bits per heavy atom. The number of hydrogen-bond donors (Lipinski definition) is 1. The normalized spacial score (nSPS) is 37.5. The Morgan fingerprint density at radius 3 is 2.29 bits per heavy atom. The number of epoxide rings is 1. The molecule has 1 aromatic carbocycles. The first-order valence-electron chi connectivity index (χ1n) is 6.74. The molecular formula is C14H13NO5S. The summed E-state index contributed by atoms with van der Waals surface area (Å²) in [6, 6.07) is 6.65. The number of ketones is 2. The van der Waals surface area contributed by atoms with Gasteiger partial charge >= 0.3 is 0 Å². The summed E-state index contributed by atoms with van der Waals surface area (Å²) in [5.74, 6) is -1.54. The van der Waals surface area contributed by atoms with Crippen molar-refractivity contribution in [3.05, 3.63) is 35.4 Å². The molecule has 2 fully saturated rings. The fourth-order valence-corrected chi connectivity index (χ4v) is 4.77. The van der Waals surface area contributed by atoms with Crippen LogP contribution in [0.1, 0.15) is 27.1 Å². The summed E-state index contributed by atoms with van der Waals surface area (Å²) in [6.07, 6.45) is -0.996. The van der Waals surface area contributed by atoms with E-state index in [0.29, 0.717) is 11.1 Å². The predicted molar refractivity (Wildman–Crippen MR) is 72.3 cm³/mol. The van der Waals surface area contributed by atoms with E-state index in [4.69, 9.17) is 9.88 Å². The number of Topliss-reactive ketones (excluding diaryl/α,β-unsaturated/α-hetero) is 2. The van der Waals surface area contributed by atoms with Crippen LogP contribution < -0.4 is 5.14 Å². The number of ether oxygens (including phenoxy) is 1. The third kappa shape index (κ3) is 1.74. The molecule has 0 amide bonds. The van der Waals surface area contributed by atoms with Crippen LogP contribution in [0.15, 0.2) is 24.3 Å². The van der Waals surface area contributed by atoms with Gasteiger partial charge in [-0.05, 0) is 6.42 Å². The maximum Gasteiger partial charge on any atom is 0.214 e. The van der Waals surface area contributed by atoms with Crippen molar-refractivity contribution in [3.63, 3.8) is 0 Å². The third-order valence-electron chi connectivity index (χ3n) is 4.72. The van der Waals surface area contributed by atoms with Crippen molar-refractivity contribution in [2.24, 2.45) is 17.0 Å². The second kappa shape index (κ2) is 4.00. The van der Waals surface area contributed by atoms with E-state index in [1.807, 2.05) is 0 Å². The van der Waals surface area contributed by atoms with Crippen LogP contribution in [0.3, 0.4) is 0 Å². The van der Waals surface area contributed by atoms with E-state index in [0.717, 1.165) is 0 Å². The highest BCUT2D eigenvalue weighted by Gasteiger charge is 2.64. The fourth-order valence-electron chi connectivity index (χ4n) is 3.70. The van der Waals surface area contributed by atoms with Gasteiger partial charge < -0.3 is 4.74 Å². The molecule has 2 aliphatic carbocycles. The molecule has 3 aliphatic rings. The molecule has 5 unspecified atom stereocenters. The Kier molecular flexibility index (Phi) is 2.50. The Bertz CT molecular complexity index is 771. The van der Waals surface area contributed by atoms with Crippen LogP contribution in [0.2, 0.25) is 0 Å². The molecule has 1 heterocycles. The molecule has 21 heavy (non-hydrogen) atoms. The SMILES string of the molecule is NS(=O)(=O)C1CC2C(=O)c3ccccc3C(=O)C2C2OC21. The van der Waals surface area contributed by atoms with Crippen LogP contribution >= 0.6 is 0 Å². The van der Waals surface area contributed by atoms with E-state index >= 15 is 0 Å². The number of carbonyl (C=O) groups is 2. The van der Waals surface area contributed by atoms with Gasteiger partial charge in [0.05, 0.1) is 12.0 Å². The molecule has 1 aliphatic heterocycles. The van der Waals surface area contributed by atoms with Gasteiger partial charge in [-0.25, -0.2) is 13.6 Å². The zero-order valence-electron chi connectivity index (χ0n) is 10.9. The number of fused-ring (bicyclic) bond motifs is 4. The summed E-state index contributed by atoms with van der Waals surface area (Å²) in [5.41, 5.74) is 0.781. The van der Waals surface area contributed by atoms with Gasteiger partial charge in [0.15, 0.2) is 11.6 Å². The summed E-state index contributed by atoms with van der Waals surface area (Å²) in [5, 5.41) is 4.32. The summed E-state index contributed by atoms with van der Waals surface area (Å²) in [4.78, 5) is 25.2. The van der Waals surface area contributed by atoms with Crippen molar-refractivity contribution in [2.45, 2.75) is 23.9 Å². The Morgan fingerprint density at radius 2 is 1.67 bits per heavy atom. The standard InChI is InChI=1S/C14H13NO5S/c15-21(18,19)9-5-8-10(14-13(9)20-14)12(17)7-4-2-1-3-6(7)11(8)16/h1-4,8-10,13-14H,5H2,(H2,15,18,19). The van der Waals surface area contributed by atoms with E-state index < -0.39 is 39.3 Å². The van der Waals surface area contributed by atoms with Crippen molar-refractivity contribution in [2.75, 3.05) is 0 Å². The molecule has 4 rings (SSSR count). The summed E-state index contributed by atoms with van der Waals surface area (Å²) in [6.45, 7) is 0. The van der Waals surface area contributed by atoms with Gasteiger partial charge in [0.2, 0.25) is 10.0 Å². The summed E-state index contributed by atoms with van der Waals surface area (Å²) < 4.78 is 28.7. The predicted octanol–water partition coefficient (Wildman–Crippen LogP) is 0.126. The number of hydrogen-bond acceptors (Lipinski definition) is 5. The van der Waals surface area contributed by atoms with E-state index in [2.05, 4.69) is 0 Å². The molecule has 1 aromatic rings. The van der Waals surface area contributed by atoms with Crippen LogP contribution in [0.5, 0.6) is 0 Å². The molecule has 0 aromatic heterocycles. The van der Waals surface area contributed by atoms with Crippen LogP contribution in [0, 0.1) is 11.8 Å². The van der Waals surface area contributed by atoms with E-state index in [-0.39, 0.29) is 18.0 Å². The molecular weight excluding hydrogens is 294 g/mol. The lowest BCUT2D eigenvalue weighted by atomic mass is 9.67. The van der Waals surface area contributed by atoms with Crippen molar-refractivity contribution in [3.8, 4) is 0 Å². The Balaban J connectivity index is 1.81. The van der Waals surface area contributed by atoms with Crippen molar-refractivity contribution in [1.29, 1.82) is 0 Å². The van der Waals surface area contributed by atoms with Crippen LogP contribution in [-0.4, -0.2) is 37.4 Å². The third-order valence-corrected chi connectivity index (χ3v) is 6.03. The van der Waals surface area contributed by atoms with Crippen LogP contribution in [-0.2, 0) is 14.8 Å². The molecule has 2 N–H and O–H groups in total. The maximum atomic E-state index is 12.6. The lowest BCUT2D eigenvalue weighted by molar-refractivity contribution is 0.0685. The average Bonchev–Trinajstić information content (AvgIpc) is 3.22. The molecule has 110 valence electrons. The molecule has 6 nitrogen and oxygen atoms in total. The minimum atomic E-state index is -3.79. The lowest BCUT2D eigenvalue weighted by Crippen LogP contribution is -2.49. The first kappa shape index (κ1) is 13.1. The number of primary sulfonamides is 1. The lowest BCUT2D eigenvalue weighted by Gasteiger charge is -2.34. The first-order chi connectivity index (χ1) is 9.89. The highest BCUT2D eigenvalue weighted by atomic mass is 32.2. The van der Waals surface area contributed by atoms with E-state index in [9.17, 15) is 18.0 Å². The van der Waals surface area contributed by atoms with Crippen molar-refractivity contribution >= 4 is 21.6 Å². The van der Waals surface area contributed by atoms with Gasteiger partial charge in [-0.1, -0.05) is 24.3 Å². The van der Waals surface area contributed by atoms with Gasteiger partial charge in [0.1, 0.15) is 11.4 Å². The Labute approximate surface area is 121 Å². The number of sulfonamides is 1. The van der Waals surface area contributed by atoms with Crippen molar-refractivity contribution in [1.82, 2.24) is 0 Å². The second-order valence-corrected chi connectivity index (χ2v) is 7.62. The van der Waals surface area contributed by atoms with E-state index in [1.54, 1.807) is 24.3 Å². The summed E-state index contributed by atoms with van der Waals surface area (Å²) >= 11 is 0. The van der Waals surface area contributed by atoms with Crippen LogP contribution in [0.4, 0.5) is 0 Å². The second-order valence-electron chi connectivity index (χ2n) is 5.83. The largest absolute Gasteiger partial charge is 0.367 e. The highest BCUT2D eigenvalue weighted by molar-refractivity contribution is 7.89. The van der Waals surface area contributed by atoms with E-state index in [1.165, 1.54) is 0 Å². The molecule has 0 bridgehead atoms. The van der Waals surface area contributed by atoms with Crippen molar-refractivity contribution < 1.29 is 22.7 Å². The zero-order valence-corrected chi connectivity index (χ0v) is 11.7. The number of benzene rings is 1. The van der Waals surface area contributed by atoms with Gasteiger partial charge in [-0.3, -0.25) is 9.59 Å². The average molecular weight is 307 g/mol. The molecule has 1 saturated carbocycles. The summed E-state index contributed by atoms with van der Waals surface area (Å²) in [7, 11) is -3.79. The zero-order chi connectivity index (χ0) is 14.9. The topological polar surface area (TPSA) is 107 Å². The monoisotopic (exact) mass is 307 g/mol.